The molecule has 1 amide bonds. The van der Waals surface area contributed by atoms with Crippen LogP contribution in [-0.4, -0.2) is 5.91 Å². The van der Waals surface area contributed by atoms with Crippen molar-refractivity contribution < 1.29 is 13.9 Å². The Morgan fingerprint density at radius 1 is 0.885 bits per heavy atom. The summed E-state index contributed by atoms with van der Waals surface area (Å²) in [4.78, 5) is 12.4. The minimum Gasteiger partial charge on any atom is -0.457 e. The maximum absolute atomic E-state index is 12.4. The van der Waals surface area contributed by atoms with E-state index in [0.717, 1.165) is 11.1 Å². The quantitative estimate of drug-likeness (QED) is 0.474. The fraction of sp³-hybridized carbons (Fsp3) is 0. The van der Waals surface area contributed by atoms with E-state index in [1.807, 2.05) is 30.3 Å². The molecule has 0 unspecified atom stereocenters. The number of hydrogen-bond acceptors (Lipinski definition) is 3. The Kier molecular flexibility index (Phi) is 4.33. The van der Waals surface area contributed by atoms with Crippen molar-refractivity contribution in [3.63, 3.8) is 0 Å². The molecule has 0 saturated heterocycles. The zero-order chi connectivity index (χ0) is 17.9. The lowest BCUT2D eigenvalue weighted by Crippen LogP contribution is -2.10. The molecule has 0 radical (unpaired) electrons. The highest BCUT2D eigenvalue weighted by Crippen LogP contribution is 2.25. The average molecular weight is 364 g/mol. The van der Waals surface area contributed by atoms with Crippen LogP contribution in [0.2, 0.25) is 5.02 Å². The summed E-state index contributed by atoms with van der Waals surface area (Å²) in [6.07, 6.45) is 0. The lowest BCUT2D eigenvalue weighted by atomic mass is 10.2. The van der Waals surface area contributed by atoms with Crippen molar-refractivity contribution in [1.29, 1.82) is 0 Å². The summed E-state index contributed by atoms with van der Waals surface area (Å²) in [7, 11) is 0. The number of hydrogen-bond donors (Lipinski definition) is 1. The van der Waals surface area contributed by atoms with Crippen LogP contribution in [0.1, 0.15) is 10.6 Å². The van der Waals surface area contributed by atoms with Gasteiger partial charge in [0.05, 0.1) is 0 Å². The van der Waals surface area contributed by atoms with Crippen LogP contribution in [0.3, 0.4) is 0 Å². The molecular formula is C21H14ClNO3. The summed E-state index contributed by atoms with van der Waals surface area (Å²) in [5.41, 5.74) is 1.26. The van der Waals surface area contributed by atoms with E-state index in [2.05, 4.69) is 5.32 Å². The molecule has 0 aliphatic carbocycles. The van der Waals surface area contributed by atoms with Crippen molar-refractivity contribution in [2.24, 2.45) is 0 Å². The number of para-hydroxylation sites is 1. The minimum atomic E-state index is -0.325. The molecule has 4 nitrogen and oxygen atoms in total. The van der Waals surface area contributed by atoms with Gasteiger partial charge in [0.25, 0.3) is 5.91 Å². The van der Waals surface area contributed by atoms with Crippen LogP contribution in [0.5, 0.6) is 11.5 Å². The number of furan rings is 1. The summed E-state index contributed by atoms with van der Waals surface area (Å²) >= 11 is 5.96. The molecule has 5 heteroatoms. The average Bonchev–Trinajstić information content (AvgIpc) is 3.07. The number of nitrogens with one attached hydrogen (secondary N) is 1. The van der Waals surface area contributed by atoms with Gasteiger partial charge in [0.15, 0.2) is 5.76 Å². The van der Waals surface area contributed by atoms with Crippen molar-refractivity contribution in [3.05, 3.63) is 89.6 Å². The van der Waals surface area contributed by atoms with E-state index in [1.54, 1.807) is 48.5 Å². The predicted octanol–water partition coefficient (Wildman–Crippen LogP) is 6.13. The summed E-state index contributed by atoms with van der Waals surface area (Å²) in [5, 5.41) is 4.19. The second-order valence-electron chi connectivity index (χ2n) is 5.69. The summed E-state index contributed by atoms with van der Waals surface area (Å²) in [6.45, 7) is 0. The van der Waals surface area contributed by atoms with Crippen LogP contribution in [-0.2, 0) is 0 Å². The van der Waals surface area contributed by atoms with Gasteiger partial charge in [0, 0.05) is 16.1 Å². The molecule has 128 valence electrons. The molecule has 0 aliphatic heterocycles. The largest absolute Gasteiger partial charge is 0.457 e. The molecule has 4 aromatic rings. The van der Waals surface area contributed by atoms with Gasteiger partial charge < -0.3 is 14.5 Å². The molecule has 1 N–H and O–H groups in total. The highest BCUT2D eigenvalue weighted by atomic mass is 35.5. The molecule has 0 aliphatic rings. The maximum atomic E-state index is 12.4. The van der Waals surface area contributed by atoms with Gasteiger partial charge in [-0.1, -0.05) is 29.8 Å². The molecule has 0 saturated carbocycles. The second kappa shape index (κ2) is 6.94. The van der Waals surface area contributed by atoms with Crippen LogP contribution >= 0.6 is 11.6 Å². The summed E-state index contributed by atoms with van der Waals surface area (Å²) in [6, 6.07) is 23.5. The summed E-state index contributed by atoms with van der Waals surface area (Å²) < 4.78 is 11.3. The Balaban J connectivity index is 1.46. The molecule has 3 aromatic carbocycles. The fourth-order valence-corrected chi connectivity index (χ4v) is 2.73. The van der Waals surface area contributed by atoms with E-state index in [9.17, 15) is 4.79 Å². The third-order valence-corrected chi connectivity index (χ3v) is 4.03. The number of rotatable bonds is 4. The topological polar surface area (TPSA) is 51.5 Å². The first-order valence-electron chi connectivity index (χ1n) is 8.01. The number of amides is 1. The first-order chi connectivity index (χ1) is 12.7. The van der Waals surface area contributed by atoms with Gasteiger partial charge in [-0.25, -0.2) is 0 Å². The Morgan fingerprint density at radius 3 is 2.38 bits per heavy atom. The van der Waals surface area contributed by atoms with Gasteiger partial charge in [-0.2, -0.15) is 0 Å². The van der Waals surface area contributed by atoms with Gasteiger partial charge in [0.1, 0.15) is 17.1 Å². The van der Waals surface area contributed by atoms with E-state index in [1.165, 1.54) is 0 Å². The van der Waals surface area contributed by atoms with Crippen LogP contribution in [0.15, 0.2) is 83.3 Å². The highest BCUT2D eigenvalue weighted by Gasteiger charge is 2.13. The lowest BCUT2D eigenvalue weighted by Gasteiger charge is -2.07. The smallest absolute Gasteiger partial charge is 0.291 e. The van der Waals surface area contributed by atoms with Crippen LogP contribution in [0, 0.1) is 0 Å². The lowest BCUT2D eigenvalue weighted by molar-refractivity contribution is 0.0998. The number of fused-ring (bicyclic) bond motifs is 1. The van der Waals surface area contributed by atoms with E-state index in [4.69, 9.17) is 20.8 Å². The van der Waals surface area contributed by atoms with Crippen LogP contribution in [0.4, 0.5) is 5.69 Å². The molecular weight excluding hydrogens is 350 g/mol. The summed E-state index contributed by atoms with van der Waals surface area (Å²) in [5.74, 6) is 1.35. The van der Waals surface area contributed by atoms with E-state index in [-0.39, 0.29) is 11.7 Å². The molecule has 0 bridgehead atoms. The fourth-order valence-electron chi connectivity index (χ4n) is 2.55. The molecule has 0 atom stereocenters. The Morgan fingerprint density at radius 2 is 1.62 bits per heavy atom. The van der Waals surface area contributed by atoms with Gasteiger partial charge in [-0.15, -0.1) is 0 Å². The molecule has 0 fully saturated rings. The first-order valence-corrected chi connectivity index (χ1v) is 8.39. The SMILES string of the molecule is O=C(Nc1ccc(Oc2ccccc2)cc1)c1cc2cc(Cl)ccc2o1. The third kappa shape index (κ3) is 3.55. The molecule has 4 rings (SSSR count). The Bertz CT molecular complexity index is 1060. The molecule has 1 aromatic heterocycles. The van der Waals surface area contributed by atoms with Crippen molar-refractivity contribution >= 4 is 34.2 Å². The maximum Gasteiger partial charge on any atom is 0.291 e. The van der Waals surface area contributed by atoms with Crippen molar-refractivity contribution in [2.45, 2.75) is 0 Å². The number of carbonyl (C=O) groups is 1. The second-order valence-corrected chi connectivity index (χ2v) is 6.12. The van der Waals surface area contributed by atoms with Gasteiger partial charge in [-0.3, -0.25) is 4.79 Å². The molecule has 26 heavy (non-hydrogen) atoms. The van der Waals surface area contributed by atoms with Gasteiger partial charge >= 0.3 is 0 Å². The minimum absolute atomic E-state index is 0.229. The van der Waals surface area contributed by atoms with Crippen LogP contribution in [0.25, 0.3) is 11.0 Å². The third-order valence-electron chi connectivity index (χ3n) is 3.79. The van der Waals surface area contributed by atoms with Crippen molar-refractivity contribution in [1.82, 2.24) is 0 Å². The highest BCUT2D eigenvalue weighted by molar-refractivity contribution is 6.31. The van der Waals surface area contributed by atoms with Crippen molar-refractivity contribution in [2.75, 3.05) is 5.32 Å². The zero-order valence-electron chi connectivity index (χ0n) is 13.6. The number of carbonyl (C=O) groups excluding carboxylic acids is 1. The van der Waals surface area contributed by atoms with Gasteiger partial charge in [-0.05, 0) is 60.7 Å². The Labute approximate surface area is 155 Å². The zero-order valence-corrected chi connectivity index (χ0v) is 14.4. The molecule has 0 spiro atoms. The normalized spacial score (nSPS) is 10.7. The van der Waals surface area contributed by atoms with E-state index < -0.39 is 0 Å². The first kappa shape index (κ1) is 16.2. The van der Waals surface area contributed by atoms with E-state index >= 15 is 0 Å². The monoisotopic (exact) mass is 363 g/mol. The van der Waals surface area contributed by atoms with Crippen molar-refractivity contribution in [3.8, 4) is 11.5 Å². The number of benzene rings is 3. The predicted molar refractivity (Wildman–Crippen MR) is 102 cm³/mol. The number of halogens is 1. The molecule has 1 heterocycles. The standard InChI is InChI=1S/C21H14ClNO3/c22-15-6-11-19-14(12-15)13-20(26-19)21(24)23-16-7-9-18(10-8-16)25-17-4-2-1-3-5-17/h1-13H,(H,23,24). The number of ether oxygens (including phenoxy) is 1. The van der Waals surface area contributed by atoms with Crippen LogP contribution < -0.4 is 10.1 Å². The number of anilines is 1. The Hall–Kier alpha value is -3.24. The van der Waals surface area contributed by atoms with E-state index in [0.29, 0.717) is 22.0 Å². The van der Waals surface area contributed by atoms with Gasteiger partial charge in [0.2, 0.25) is 0 Å².